The van der Waals surface area contributed by atoms with Crippen molar-refractivity contribution in [1.29, 1.82) is 0 Å². The number of anilines is 2. The number of benzene rings is 7. The van der Waals surface area contributed by atoms with Crippen LogP contribution in [-0.4, -0.2) is 9.55 Å². The van der Waals surface area contributed by atoms with Crippen LogP contribution in [0.25, 0.3) is 61.0 Å². The van der Waals surface area contributed by atoms with Gasteiger partial charge in [-0.15, -0.1) is 51.4 Å². The van der Waals surface area contributed by atoms with E-state index in [0.29, 0.717) is 0 Å². The Morgan fingerprint density at radius 2 is 1.20 bits per heavy atom. The summed E-state index contributed by atoms with van der Waals surface area (Å²) < 4.78 is 2.26. The zero-order valence-corrected chi connectivity index (χ0v) is 35.9. The van der Waals surface area contributed by atoms with E-state index in [1.807, 2.05) is 6.20 Å². The van der Waals surface area contributed by atoms with Gasteiger partial charge in [-0.25, -0.2) is 4.98 Å². The summed E-state index contributed by atoms with van der Waals surface area (Å²) in [6.07, 6.45) is 6.15. The van der Waals surface area contributed by atoms with Crippen LogP contribution in [0.1, 0.15) is 16.7 Å². The Balaban J connectivity index is 0.00000449. The SMILES string of the molecule is Cc1cc(C)c(N2C=CN(c3[c-]c(Sc4[c-]c5c(cc4)c4ccccc4n5-c4cc(-c5c(-c6ccccc6)cccc5-c5ccccc5)ccn4)ccc3)[CH-]2)c(C)c1.[Pt]. The van der Waals surface area contributed by atoms with Crippen LogP contribution < -0.4 is 9.80 Å². The van der Waals surface area contributed by atoms with Crippen molar-refractivity contribution < 1.29 is 21.1 Å². The zero-order chi connectivity index (χ0) is 39.2. The molecule has 6 heteroatoms. The van der Waals surface area contributed by atoms with Crippen molar-refractivity contribution in [2.75, 3.05) is 9.80 Å². The molecule has 0 amide bonds. The van der Waals surface area contributed by atoms with Crippen LogP contribution in [-0.2, 0) is 21.1 Å². The van der Waals surface area contributed by atoms with E-state index in [1.54, 1.807) is 11.8 Å². The summed E-state index contributed by atoms with van der Waals surface area (Å²) in [6.45, 7) is 8.63. The van der Waals surface area contributed by atoms with Gasteiger partial charge in [0.1, 0.15) is 5.82 Å². The molecule has 7 aromatic carbocycles. The second-order valence-electron chi connectivity index (χ2n) is 14.8. The molecule has 0 atom stereocenters. The summed E-state index contributed by atoms with van der Waals surface area (Å²) in [5, 5.41) is 2.30. The molecule has 0 fully saturated rings. The number of rotatable bonds is 8. The van der Waals surface area contributed by atoms with Gasteiger partial charge >= 0.3 is 0 Å². The molecule has 0 saturated heterocycles. The van der Waals surface area contributed by atoms with Gasteiger partial charge in [0.25, 0.3) is 0 Å². The zero-order valence-electron chi connectivity index (χ0n) is 32.8. The van der Waals surface area contributed by atoms with Crippen molar-refractivity contribution in [1.82, 2.24) is 9.55 Å². The molecule has 0 N–H and O–H groups in total. The second-order valence-corrected chi connectivity index (χ2v) is 15.9. The molecule has 1 aliphatic heterocycles. The summed E-state index contributed by atoms with van der Waals surface area (Å²) in [4.78, 5) is 11.4. The van der Waals surface area contributed by atoms with Crippen LogP contribution in [0.3, 0.4) is 0 Å². The third-order valence-electron chi connectivity index (χ3n) is 10.8. The van der Waals surface area contributed by atoms with Crippen molar-refractivity contribution >= 4 is 44.9 Å². The van der Waals surface area contributed by atoms with Gasteiger partial charge in [-0.1, -0.05) is 120 Å². The van der Waals surface area contributed by atoms with Crippen molar-refractivity contribution in [2.24, 2.45) is 0 Å². The molecule has 0 radical (unpaired) electrons. The van der Waals surface area contributed by atoms with Crippen LogP contribution in [0.5, 0.6) is 0 Å². The molecular formula is C53H39N4PtS-3. The van der Waals surface area contributed by atoms with E-state index in [2.05, 4.69) is 224 Å². The minimum atomic E-state index is 0. The molecule has 0 bridgehead atoms. The molecule has 1 aliphatic rings. The fraction of sp³-hybridized carbons (Fsp3) is 0.0566. The molecule has 9 aromatic rings. The normalized spacial score (nSPS) is 12.4. The molecular weight excluding hydrogens is 920 g/mol. The Morgan fingerprint density at radius 1 is 0.559 bits per heavy atom. The maximum atomic E-state index is 5.04. The van der Waals surface area contributed by atoms with Gasteiger partial charge in [-0.05, 0) is 101 Å². The number of pyridine rings is 1. The van der Waals surface area contributed by atoms with Gasteiger partial charge in [0, 0.05) is 38.5 Å². The summed E-state index contributed by atoms with van der Waals surface area (Å²) >= 11 is 1.67. The maximum Gasteiger partial charge on any atom is 0.136 e. The number of fused-ring (bicyclic) bond motifs is 3. The van der Waals surface area contributed by atoms with E-state index in [0.717, 1.165) is 43.3 Å². The Labute approximate surface area is 364 Å². The monoisotopic (exact) mass is 958 g/mol. The summed E-state index contributed by atoms with van der Waals surface area (Å²) in [7, 11) is 0. The molecule has 0 unspecified atom stereocenters. The van der Waals surface area contributed by atoms with E-state index in [4.69, 9.17) is 4.98 Å². The summed E-state index contributed by atoms with van der Waals surface area (Å²) in [5.74, 6) is 0.845. The van der Waals surface area contributed by atoms with E-state index in [1.165, 1.54) is 55.6 Å². The first-order valence-electron chi connectivity index (χ1n) is 19.5. The van der Waals surface area contributed by atoms with Gasteiger partial charge in [0.05, 0.1) is 0 Å². The standard InChI is InChI=1S/C53H39N4S.Pt/c1-36-30-37(2)53(38(3)31-36)56-29-28-55(35-56)42-18-12-19-43(33-42)58-44-24-25-48-47-20-10-11-23-49(47)57(50(48)34-44)51-32-41(26-27-54-51)52-45(39-14-6-4-7-15-39)21-13-22-46(52)40-16-8-5-9-17-40;/h4-32,35H,1-3H3;/q-3;. The largest absolute Gasteiger partial charge is 0.500 e. The fourth-order valence-corrected chi connectivity index (χ4v) is 9.24. The first kappa shape index (κ1) is 38.4. The topological polar surface area (TPSA) is 24.3 Å². The average Bonchev–Trinajstić information content (AvgIpc) is 3.87. The van der Waals surface area contributed by atoms with E-state index < -0.39 is 0 Å². The van der Waals surface area contributed by atoms with E-state index in [-0.39, 0.29) is 21.1 Å². The third-order valence-corrected chi connectivity index (χ3v) is 11.8. The van der Waals surface area contributed by atoms with Crippen molar-refractivity contribution in [3.63, 3.8) is 0 Å². The smallest absolute Gasteiger partial charge is 0.136 e. The molecule has 0 aliphatic carbocycles. The maximum absolute atomic E-state index is 5.04. The van der Waals surface area contributed by atoms with Crippen LogP contribution in [0.2, 0.25) is 0 Å². The Hall–Kier alpha value is -6.13. The van der Waals surface area contributed by atoms with Crippen LogP contribution >= 0.6 is 11.8 Å². The molecule has 0 spiro atoms. The predicted octanol–water partition coefficient (Wildman–Crippen LogP) is 13.8. The number of para-hydroxylation sites is 1. The predicted molar refractivity (Wildman–Crippen MR) is 242 cm³/mol. The van der Waals surface area contributed by atoms with Gasteiger partial charge < -0.3 is 14.4 Å². The fourth-order valence-electron chi connectivity index (χ4n) is 8.42. The van der Waals surface area contributed by atoms with Crippen molar-refractivity contribution in [3.05, 3.63) is 212 Å². The molecule has 2 aromatic heterocycles. The summed E-state index contributed by atoms with van der Waals surface area (Å²) in [5.41, 5.74) is 15.1. The first-order chi connectivity index (χ1) is 28.5. The van der Waals surface area contributed by atoms with Gasteiger partial charge in [-0.2, -0.15) is 30.3 Å². The third kappa shape index (κ3) is 7.31. The molecule has 290 valence electrons. The molecule has 4 nitrogen and oxygen atoms in total. The number of hydrogen-bond acceptors (Lipinski definition) is 4. The molecule has 59 heavy (non-hydrogen) atoms. The molecule has 3 heterocycles. The number of aryl methyl sites for hydroxylation is 3. The van der Waals surface area contributed by atoms with E-state index >= 15 is 0 Å². The van der Waals surface area contributed by atoms with Crippen LogP contribution in [0, 0.1) is 39.6 Å². The summed E-state index contributed by atoms with van der Waals surface area (Å²) in [6, 6.07) is 63.5. The molecule has 0 saturated carbocycles. The minimum Gasteiger partial charge on any atom is -0.500 e. The van der Waals surface area contributed by atoms with Gasteiger partial charge in [0.15, 0.2) is 0 Å². The Morgan fingerprint density at radius 3 is 1.93 bits per heavy atom. The molecule has 10 rings (SSSR count). The van der Waals surface area contributed by atoms with Crippen LogP contribution in [0.4, 0.5) is 11.4 Å². The first-order valence-corrected chi connectivity index (χ1v) is 20.3. The van der Waals surface area contributed by atoms with Crippen molar-refractivity contribution in [3.8, 4) is 39.2 Å². The minimum absolute atomic E-state index is 0. The number of aromatic nitrogens is 2. The quantitative estimate of drug-likeness (QED) is 0.142. The Kier molecular flexibility index (Phi) is 10.6. The van der Waals surface area contributed by atoms with Crippen LogP contribution in [0.15, 0.2) is 186 Å². The van der Waals surface area contributed by atoms with Gasteiger partial charge in [0.2, 0.25) is 0 Å². The number of nitrogens with zero attached hydrogens (tertiary/aromatic N) is 4. The Bertz CT molecular complexity index is 2930. The second kappa shape index (κ2) is 16.3. The number of hydrogen-bond donors (Lipinski definition) is 0. The van der Waals surface area contributed by atoms with Crippen molar-refractivity contribution in [2.45, 2.75) is 30.6 Å². The average molecular weight is 959 g/mol. The van der Waals surface area contributed by atoms with Gasteiger partial charge in [-0.3, -0.25) is 0 Å². The van der Waals surface area contributed by atoms with E-state index in [9.17, 15) is 0 Å².